The van der Waals surface area contributed by atoms with E-state index in [0.29, 0.717) is 55.3 Å². The van der Waals surface area contributed by atoms with Gasteiger partial charge in [0.1, 0.15) is 11.6 Å². The molecule has 0 saturated heterocycles. The lowest BCUT2D eigenvalue weighted by Gasteiger charge is -2.19. The molecule has 0 atom stereocenters. The molecule has 7 heterocycles. The minimum absolute atomic E-state index is 0.148. The summed E-state index contributed by atoms with van der Waals surface area (Å²) in [5.41, 5.74) is 10.1. The van der Waals surface area contributed by atoms with Crippen LogP contribution in [0.5, 0.6) is 0 Å². The van der Waals surface area contributed by atoms with Crippen molar-refractivity contribution in [1.82, 2.24) is 34.9 Å². The second kappa shape index (κ2) is 45.5. The van der Waals surface area contributed by atoms with Crippen LogP contribution in [-0.2, 0) is 11.8 Å². The molecule has 14 aromatic rings. The van der Waals surface area contributed by atoms with Crippen LogP contribution in [0.3, 0.4) is 0 Å². The molecule has 7 aromatic carbocycles. The van der Waals surface area contributed by atoms with Gasteiger partial charge in [0.2, 0.25) is 0 Å². The lowest BCUT2D eigenvalue weighted by molar-refractivity contribution is 0.417. The molecular formula is C82H102Cl3F10N7. The van der Waals surface area contributed by atoms with E-state index >= 15 is 0 Å². The maximum Gasteiger partial charge on any atom is 0.199 e. The van der Waals surface area contributed by atoms with Gasteiger partial charge in [-0.3, -0.25) is 0 Å². The number of rotatable bonds is 2. The largest absolute Gasteiger partial charge is 0.361 e. The van der Waals surface area contributed by atoms with E-state index in [1.165, 1.54) is 57.2 Å². The van der Waals surface area contributed by atoms with Crippen LogP contribution < -0.4 is 0 Å². The number of hydrogen-bond donors (Lipinski definition) is 7. The number of hydrogen-bond acceptors (Lipinski definition) is 0. The molecule has 0 aliphatic heterocycles. The van der Waals surface area contributed by atoms with E-state index in [9.17, 15) is 43.9 Å². The summed E-state index contributed by atoms with van der Waals surface area (Å²) < 4.78 is 128. The zero-order valence-corrected chi connectivity index (χ0v) is 65.2. The maximum absolute atomic E-state index is 13.0. The first-order valence-electron chi connectivity index (χ1n) is 34.5. The Morgan fingerprint density at radius 2 is 0.716 bits per heavy atom. The lowest BCUT2D eigenvalue weighted by Crippen LogP contribution is -2.10. The highest BCUT2D eigenvalue weighted by Gasteiger charge is 2.21. The minimum atomic E-state index is -1.80. The number of H-pyrrole nitrogens is 7. The van der Waals surface area contributed by atoms with Gasteiger partial charge in [0.05, 0.1) is 53.7 Å². The van der Waals surface area contributed by atoms with Crippen molar-refractivity contribution in [2.45, 2.75) is 177 Å². The van der Waals surface area contributed by atoms with Gasteiger partial charge in [-0.2, -0.15) is 0 Å². The van der Waals surface area contributed by atoms with E-state index in [0.717, 1.165) is 50.2 Å². The maximum atomic E-state index is 13.0. The van der Waals surface area contributed by atoms with Crippen LogP contribution >= 0.6 is 34.8 Å². The number of aromatic nitrogens is 7. The SMILES string of the molecule is CC.CC.CC.CC.CC.CC.CC.CC(C)(C)c1cc(Cl)c2[nH]ccc2c1.CC(C)c1cc(Cl)c2[nH]ccc2c1.CCc1cc(Cl)c2[nH]ccc2c1.Cc1c(F)c(F)cc2cc[nH]c12.Cc1c(F)cc(F)c2cc[nH]c12.Cc1cc(F)c(F)c2cc[nH]c12.Fc1c(F)c(F)c2[nH]ccc2c1F. The Kier molecular flexibility index (Phi) is 40.8. The van der Waals surface area contributed by atoms with Crippen molar-refractivity contribution >= 4 is 111 Å². The van der Waals surface area contributed by atoms with E-state index in [2.05, 4.69) is 101 Å². The predicted molar refractivity (Wildman–Crippen MR) is 419 cm³/mol. The van der Waals surface area contributed by atoms with Crippen LogP contribution in [0.1, 0.15) is 178 Å². The third-order valence-corrected chi connectivity index (χ3v) is 15.4. The fourth-order valence-electron chi connectivity index (χ4n) is 9.53. The van der Waals surface area contributed by atoms with Crippen molar-refractivity contribution in [2.75, 3.05) is 0 Å². The van der Waals surface area contributed by atoms with Crippen molar-refractivity contribution in [3.63, 3.8) is 0 Å². The Morgan fingerprint density at radius 3 is 1.21 bits per heavy atom. The molecule has 7 N–H and O–H groups in total. The summed E-state index contributed by atoms with van der Waals surface area (Å²) in [6.45, 7) is 46.0. The van der Waals surface area contributed by atoms with Gasteiger partial charge < -0.3 is 34.9 Å². The molecule has 14 rings (SSSR count). The number of aromatic amines is 7. The summed E-state index contributed by atoms with van der Waals surface area (Å²) in [5.74, 6) is -10.0. The van der Waals surface area contributed by atoms with Crippen molar-refractivity contribution < 1.29 is 43.9 Å². The first-order valence-corrected chi connectivity index (χ1v) is 35.7. The Bertz CT molecular complexity index is 4630. The van der Waals surface area contributed by atoms with E-state index < -0.39 is 58.2 Å². The molecule has 0 aliphatic carbocycles. The third kappa shape index (κ3) is 23.8. The summed E-state index contributed by atoms with van der Waals surface area (Å²) in [6.07, 6.45) is 12.8. The monoisotopic (exact) mass is 1480 g/mol. The standard InChI is InChI=1S/C12H14ClN.C11H12ClN.C10H10ClN.3C9H7F2N.C8H3F4N.7C2H6/c1-12(2,3)9-6-8-4-5-14-11(8)10(13)7-9;1-7(2)9-5-8-3-4-13-11(8)10(12)6-9;1-2-7-5-8-3-4-12-10(8)9(11)6-7;1-5-7(10)4-8(11)6-2-3-12-9(5)6;1-5-8(11)7(10)4-6-2-3-12-9(5)6;1-5-4-7(10)8(11)6-2-3-12-9(5)6;9-4-3-1-2-13-8(3)7(12)6(11)5(4)10;7*1-2/h4-7,14H,1-3H3;3-7,13H,1-2H3;3-6,12H,2H2,1H3;3*2-4,12H,1H3;1-2,13H;7*1-2H3. The molecule has 20 heteroatoms. The van der Waals surface area contributed by atoms with Crippen LogP contribution in [-0.4, -0.2) is 34.9 Å². The number of fused-ring (bicyclic) bond motifs is 7. The molecule has 0 fully saturated rings. The van der Waals surface area contributed by atoms with Crippen molar-refractivity contribution in [3.8, 4) is 0 Å². The number of nitrogens with one attached hydrogen (secondary N) is 7. The zero-order valence-electron chi connectivity index (χ0n) is 63.0. The van der Waals surface area contributed by atoms with Gasteiger partial charge >= 0.3 is 0 Å². The molecule has 0 bridgehead atoms. The molecule has 556 valence electrons. The average molecular weight is 1480 g/mol. The predicted octanol–water partition coefficient (Wildman–Crippen LogP) is 29.6. The lowest BCUT2D eigenvalue weighted by atomic mass is 9.86. The first kappa shape index (κ1) is 91.5. The van der Waals surface area contributed by atoms with Gasteiger partial charge in [-0.15, -0.1) is 0 Å². The molecule has 7 nitrogen and oxygen atoms in total. The summed E-state index contributed by atoms with van der Waals surface area (Å²) in [4.78, 5) is 20.1. The molecule has 102 heavy (non-hydrogen) atoms. The van der Waals surface area contributed by atoms with Gasteiger partial charge in [-0.1, -0.05) is 173 Å². The van der Waals surface area contributed by atoms with Crippen molar-refractivity contribution in [2.24, 2.45) is 0 Å². The van der Waals surface area contributed by atoms with Crippen LogP contribution in [0.25, 0.3) is 76.3 Å². The second-order valence-electron chi connectivity index (χ2n) is 21.9. The normalized spacial score (nSPS) is 10.1. The summed E-state index contributed by atoms with van der Waals surface area (Å²) >= 11 is 18.3. The highest BCUT2D eigenvalue weighted by atomic mass is 35.5. The van der Waals surface area contributed by atoms with E-state index in [1.807, 2.05) is 146 Å². The van der Waals surface area contributed by atoms with Crippen LogP contribution in [0.4, 0.5) is 43.9 Å². The van der Waals surface area contributed by atoms with Crippen LogP contribution in [0.15, 0.2) is 140 Å². The molecule has 7 aromatic heterocycles. The van der Waals surface area contributed by atoms with Gasteiger partial charge in [0.25, 0.3) is 0 Å². The van der Waals surface area contributed by atoms with Crippen molar-refractivity contribution in [3.05, 3.63) is 247 Å². The molecule has 0 amide bonds. The van der Waals surface area contributed by atoms with Gasteiger partial charge in [-0.25, -0.2) is 43.9 Å². The second-order valence-corrected chi connectivity index (χ2v) is 23.1. The van der Waals surface area contributed by atoms with Crippen LogP contribution in [0, 0.1) is 78.9 Å². The minimum Gasteiger partial charge on any atom is -0.361 e. The van der Waals surface area contributed by atoms with Crippen LogP contribution in [0.2, 0.25) is 15.1 Å². The van der Waals surface area contributed by atoms with E-state index in [1.54, 1.807) is 51.5 Å². The number of benzene rings is 7. The highest BCUT2D eigenvalue weighted by molar-refractivity contribution is 6.36. The van der Waals surface area contributed by atoms with Crippen molar-refractivity contribution in [1.29, 1.82) is 0 Å². The zero-order chi connectivity index (χ0) is 78.1. The molecule has 0 saturated carbocycles. The molecule has 0 aliphatic rings. The molecule has 0 radical (unpaired) electrons. The topological polar surface area (TPSA) is 111 Å². The van der Waals surface area contributed by atoms with Gasteiger partial charge in [0.15, 0.2) is 46.5 Å². The Balaban J connectivity index is 0.000000578. The number of halogens is 13. The quantitative estimate of drug-likeness (QED) is 0.0508. The number of aryl methyl sites for hydroxylation is 4. The third-order valence-electron chi connectivity index (χ3n) is 14.5. The van der Waals surface area contributed by atoms with Gasteiger partial charge in [-0.05, 0) is 152 Å². The smallest absolute Gasteiger partial charge is 0.199 e. The summed E-state index contributed by atoms with van der Waals surface area (Å²) in [6, 6.07) is 28.0. The fraction of sp³-hybridized carbons (Fsp3) is 0.317. The fourth-order valence-corrected chi connectivity index (χ4v) is 10.4. The van der Waals surface area contributed by atoms with E-state index in [4.69, 9.17) is 34.8 Å². The molecular weight excluding hydrogens is 1380 g/mol. The summed E-state index contributed by atoms with van der Waals surface area (Å²) in [7, 11) is 0. The van der Waals surface area contributed by atoms with Gasteiger partial charge in [0, 0.05) is 98.3 Å². The Morgan fingerprint density at radius 1 is 0.333 bits per heavy atom. The van der Waals surface area contributed by atoms with E-state index in [-0.39, 0.29) is 16.3 Å². The highest BCUT2D eigenvalue weighted by Crippen LogP contribution is 2.33. The Hall–Kier alpha value is -8.51. The summed E-state index contributed by atoms with van der Waals surface area (Å²) in [5, 5.41) is 7.15. The molecule has 0 spiro atoms. The average Bonchev–Trinajstić information content (AvgIpc) is 1.57. The molecule has 0 unspecified atom stereocenters. The Labute approximate surface area is 610 Å². The first-order chi connectivity index (χ1) is 48.7.